The lowest BCUT2D eigenvalue weighted by Crippen LogP contribution is -2.31. The van der Waals surface area contributed by atoms with Gasteiger partial charge < -0.3 is 10.5 Å². The van der Waals surface area contributed by atoms with E-state index in [-0.39, 0.29) is 12.1 Å². The molecule has 0 bridgehead atoms. The van der Waals surface area contributed by atoms with Crippen LogP contribution in [0.15, 0.2) is 6.33 Å². The van der Waals surface area contributed by atoms with Crippen LogP contribution in [0.1, 0.15) is 26.6 Å². The maximum absolute atomic E-state index is 5.93. The first-order valence-corrected chi connectivity index (χ1v) is 5.37. The molecule has 1 aromatic heterocycles. The molecule has 5 nitrogen and oxygen atoms in total. The van der Waals surface area contributed by atoms with Crippen molar-refractivity contribution < 1.29 is 4.74 Å². The van der Waals surface area contributed by atoms with Gasteiger partial charge in [-0.2, -0.15) is 5.10 Å². The molecule has 1 rings (SSSR count). The van der Waals surface area contributed by atoms with Gasteiger partial charge in [-0.1, -0.05) is 0 Å². The minimum atomic E-state index is -0.0121. The van der Waals surface area contributed by atoms with E-state index in [9.17, 15) is 0 Å². The van der Waals surface area contributed by atoms with Crippen molar-refractivity contribution in [3.05, 3.63) is 12.2 Å². The first kappa shape index (κ1) is 12.1. The average molecular weight is 212 g/mol. The van der Waals surface area contributed by atoms with E-state index >= 15 is 0 Å². The van der Waals surface area contributed by atoms with Gasteiger partial charge in [0.25, 0.3) is 0 Å². The highest BCUT2D eigenvalue weighted by molar-refractivity contribution is 4.88. The highest BCUT2D eigenvalue weighted by Gasteiger charge is 2.10. The van der Waals surface area contributed by atoms with Crippen LogP contribution in [0, 0.1) is 0 Å². The summed E-state index contributed by atoms with van der Waals surface area (Å²) < 4.78 is 7.30. The molecule has 1 aromatic rings. The Bertz CT molecular complexity index is 285. The Morgan fingerprint density at radius 1 is 1.53 bits per heavy atom. The second-order valence-corrected chi connectivity index (χ2v) is 3.84. The van der Waals surface area contributed by atoms with Crippen molar-refractivity contribution in [3.8, 4) is 0 Å². The first-order valence-electron chi connectivity index (χ1n) is 5.37. The Morgan fingerprint density at radius 3 is 2.87 bits per heavy atom. The standard InChI is InChI=1S/C10H20N4O/c1-4-14-10(12-7-13-14)5-9(11)6-15-8(2)3/h7-9H,4-6,11H2,1-3H3. The molecule has 2 N–H and O–H groups in total. The van der Waals surface area contributed by atoms with Crippen LogP contribution in [-0.2, 0) is 17.7 Å². The lowest BCUT2D eigenvalue weighted by atomic mass is 10.2. The average Bonchev–Trinajstić information content (AvgIpc) is 2.62. The molecule has 0 aliphatic heterocycles. The fourth-order valence-electron chi connectivity index (χ4n) is 1.32. The SMILES string of the molecule is CCn1ncnc1CC(N)COC(C)C. The third-order valence-corrected chi connectivity index (χ3v) is 2.08. The zero-order valence-corrected chi connectivity index (χ0v) is 9.68. The molecular formula is C10H20N4O. The summed E-state index contributed by atoms with van der Waals surface area (Å²) in [6.07, 6.45) is 2.50. The van der Waals surface area contributed by atoms with Crippen molar-refractivity contribution in [2.24, 2.45) is 5.73 Å². The van der Waals surface area contributed by atoms with Crippen LogP contribution in [0.25, 0.3) is 0 Å². The molecule has 0 saturated heterocycles. The topological polar surface area (TPSA) is 66.0 Å². The Morgan fingerprint density at radius 2 is 2.27 bits per heavy atom. The zero-order chi connectivity index (χ0) is 11.3. The summed E-state index contributed by atoms with van der Waals surface area (Å²) in [6, 6.07) is -0.0121. The summed E-state index contributed by atoms with van der Waals surface area (Å²) in [5.41, 5.74) is 5.93. The molecule has 0 aliphatic carbocycles. The number of nitrogens with zero attached hydrogens (tertiary/aromatic N) is 3. The molecule has 86 valence electrons. The predicted molar refractivity (Wildman–Crippen MR) is 58.5 cm³/mol. The quantitative estimate of drug-likeness (QED) is 0.749. The number of rotatable bonds is 6. The second-order valence-electron chi connectivity index (χ2n) is 3.84. The van der Waals surface area contributed by atoms with Crippen molar-refractivity contribution in [2.45, 2.75) is 45.9 Å². The van der Waals surface area contributed by atoms with Crippen molar-refractivity contribution in [1.29, 1.82) is 0 Å². The van der Waals surface area contributed by atoms with Crippen LogP contribution in [0.5, 0.6) is 0 Å². The second kappa shape index (κ2) is 5.82. The van der Waals surface area contributed by atoms with Gasteiger partial charge >= 0.3 is 0 Å². The molecular weight excluding hydrogens is 192 g/mol. The molecule has 0 saturated carbocycles. The smallest absolute Gasteiger partial charge is 0.138 e. The Hall–Kier alpha value is -0.940. The van der Waals surface area contributed by atoms with E-state index in [0.717, 1.165) is 12.4 Å². The minimum Gasteiger partial charge on any atom is -0.377 e. The third kappa shape index (κ3) is 3.97. The van der Waals surface area contributed by atoms with Gasteiger partial charge in [0.1, 0.15) is 12.2 Å². The largest absolute Gasteiger partial charge is 0.377 e. The number of nitrogens with two attached hydrogens (primary N) is 1. The lowest BCUT2D eigenvalue weighted by Gasteiger charge is -2.14. The molecule has 0 spiro atoms. The van der Waals surface area contributed by atoms with Gasteiger partial charge in [0.05, 0.1) is 12.7 Å². The Labute approximate surface area is 90.6 Å². The van der Waals surface area contributed by atoms with Crippen molar-refractivity contribution >= 4 is 0 Å². The minimum absolute atomic E-state index is 0.0121. The van der Waals surface area contributed by atoms with Gasteiger partial charge in [0.15, 0.2) is 0 Å². The monoisotopic (exact) mass is 212 g/mol. The van der Waals surface area contributed by atoms with Crippen molar-refractivity contribution in [2.75, 3.05) is 6.61 Å². The number of ether oxygens (including phenoxy) is 1. The van der Waals surface area contributed by atoms with Crippen LogP contribution >= 0.6 is 0 Å². The normalized spacial score (nSPS) is 13.4. The summed E-state index contributed by atoms with van der Waals surface area (Å²) in [5, 5.41) is 4.09. The van der Waals surface area contributed by atoms with E-state index in [1.54, 1.807) is 6.33 Å². The molecule has 1 atom stereocenters. The molecule has 5 heteroatoms. The summed E-state index contributed by atoms with van der Waals surface area (Å²) >= 11 is 0. The van der Waals surface area contributed by atoms with E-state index in [4.69, 9.17) is 10.5 Å². The first-order chi connectivity index (χ1) is 7.13. The van der Waals surface area contributed by atoms with E-state index in [1.807, 2.05) is 25.5 Å². The van der Waals surface area contributed by atoms with Crippen LogP contribution in [-0.4, -0.2) is 33.5 Å². The maximum atomic E-state index is 5.93. The van der Waals surface area contributed by atoms with Crippen LogP contribution in [0.2, 0.25) is 0 Å². The molecule has 0 amide bonds. The van der Waals surface area contributed by atoms with Gasteiger partial charge in [-0.15, -0.1) is 0 Å². The zero-order valence-electron chi connectivity index (χ0n) is 9.68. The number of hydrogen-bond donors (Lipinski definition) is 1. The summed E-state index contributed by atoms with van der Waals surface area (Å²) in [6.45, 7) is 7.43. The van der Waals surface area contributed by atoms with Gasteiger partial charge in [-0.05, 0) is 20.8 Å². The van der Waals surface area contributed by atoms with Crippen LogP contribution in [0.4, 0.5) is 0 Å². The van der Waals surface area contributed by atoms with E-state index in [2.05, 4.69) is 10.1 Å². The van der Waals surface area contributed by atoms with Crippen LogP contribution in [0.3, 0.4) is 0 Å². The highest BCUT2D eigenvalue weighted by Crippen LogP contribution is 1.99. The summed E-state index contributed by atoms with van der Waals surface area (Å²) in [4.78, 5) is 4.17. The van der Waals surface area contributed by atoms with Gasteiger partial charge in [0, 0.05) is 19.0 Å². The fourth-order valence-corrected chi connectivity index (χ4v) is 1.32. The highest BCUT2D eigenvalue weighted by atomic mass is 16.5. The van der Waals surface area contributed by atoms with Gasteiger partial charge in [-0.25, -0.2) is 4.98 Å². The molecule has 0 fully saturated rings. The van der Waals surface area contributed by atoms with E-state index < -0.39 is 0 Å². The molecule has 1 heterocycles. The van der Waals surface area contributed by atoms with Gasteiger partial charge in [-0.3, -0.25) is 4.68 Å². The fraction of sp³-hybridized carbons (Fsp3) is 0.800. The predicted octanol–water partition coefficient (Wildman–Crippen LogP) is 0.593. The summed E-state index contributed by atoms with van der Waals surface area (Å²) in [7, 11) is 0. The summed E-state index contributed by atoms with van der Waals surface area (Å²) in [5.74, 6) is 0.928. The van der Waals surface area contributed by atoms with Crippen molar-refractivity contribution in [3.63, 3.8) is 0 Å². The molecule has 1 unspecified atom stereocenters. The maximum Gasteiger partial charge on any atom is 0.138 e. The third-order valence-electron chi connectivity index (χ3n) is 2.08. The molecule has 0 aliphatic rings. The van der Waals surface area contributed by atoms with E-state index in [0.29, 0.717) is 13.0 Å². The lowest BCUT2D eigenvalue weighted by molar-refractivity contribution is 0.0679. The molecule has 0 radical (unpaired) electrons. The van der Waals surface area contributed by atoms with E-state index in [1.165, 1.54) is 0 Å². The molecule has 0 aromatic carbocycles. The van der Waals surface area contributed by atoms with Gasteiger partial charge in [0.2, 0.25) is 0 Å². The van der Waals surface area contributed by atoms with Crippen molar-refractivity contribution in [1.82, 2.24) is 14.8 Å². The number of aromatic nitrogens is 3. The number of hydrogen-bond acceptors (Lipinski definition) is 4. The van der Waals surface area contributed by atoms with Crippen LogP contribution < -0.4 is 5.73 Å². The molecule has 15 heavy (non-hydrogen) atoms. The Kier molecular flexibility index (Phi) is 4.71. The number of aryl methyl sites for hydroxylation is 1. The Balaban J connectivity index is 2.40.